The first-order chi connectivity index (χ1) is 16.6. The minimum Gasteiger partial charge on any atom is -0.497 e. The van der Waals surface area contributed by atoms with Crippen molar-refractivity contribution in [3.63, 3.8) is 0 Å². The fraction of sp³-hybridized carbons (Fsp3) is 0.136. The molecule has 2 aliphatic heterocycles. The second kappa shape index (κ2) is 9.64. The van der Waals surface area contributed by atoms with Crippen molar-refractivity contribution in [2.75, 3.05) is 12.9 Å². The summed E-state index contributed by atoms with van der Waals surface area (Å²) in [6.07, 6.45) is 1.37. The van der Waals surface area contributed by atoms with Crippen LogP contribution in [0.25, 0.3) is 6.08 Å². The number of ether oxygens (including phenoxy) is 2. The average Bonchev–Trinajstić information content (AvgIpc) is 3.28. The Labute approximate surface area is 209 Å². The number of amidine groups is 2. The number of sulfone groups is 1. The van der Waals surface area contributed by atoms with Gasteiger partial charge in [0.2, 0.25) is 19.4 Å². The fourth-order valence-corrected chi connectivity index (χ4v) is 5.38. The molecule has 0 unspecified atom stereocenters. The predicted molar refractivity (Wildman–Crippen MR) is 134 cm³/mol. The van der Waals surface area contributed by atoms with Crippen LogP contribution in [0.2, 0.25) is 5.02 Å². The normalized spacial score (nSPS) is 16.7. The van der Waals surface area contributed by atoms with Crippen LogP contribution in [0.1, 0.15) is 22.8 Å². The Bertz CT molecular complexity index is 1470. The second-order valence-corrected chi connectivity index (χ2v) is 10.9. The molecule has 2 aromatic carbocycles. The maximum absolute atomic E-state index is 12.5. The Morgan fingerprint density at radius 2 is 2.03 bits per heavy atom. The summed E-state index contributed by atoms with van der Waals surface area (Å²) in [6, 6.07) is 10.9. The van der Waals surface area contributed by atoms with Gasteiger partial charge in [0, 0.05) is 0 Å². The van der Waals surface area contributed by atoms with Gasteiger partial charge in [-0.25, -0.2) is 13.2 Å². The molecule has 0 bridgehead atoms. The number of fused-ring (bicyclic) bond motifs is 1. The Kier molecular flexibility index (Phi) is 6.79. The number of rotatable bonds is 5. The number of aliphatic imine (C=N–C) groups is 1. The Morgan fingerprint density at radius 3 is 2.71 bits per heavy atom. The molecule has 0 spiro atoms. The lowest BCUT2D eigenvalue weighted by Crippen LogP contribution is -2.35. The Hall–Kier alpha value is -3.48. The summed E-state index contributed by atoms with van der Waals surface area (Å²) < 4.78 is 34.5. The number of hydrazone groups is 1. The molecule has 0 saturated carbocycles. The highest BCUT2D eigenvalue weighted by Gasteiger charge is 2.39. The molecule has 35 heavy (non-hydrogen) atoms. The molecule has 0 aliphatic carbocycles. The highest BCUT2D eigenvalue weighted by Crippen LogP contribution is 2.32. The van der Waals surface area contributed by atoms with E-state index < -0.39 is 21.7 Å². The largest absolute Gasteiger partial charge is 0.497 e. The van der Waals surface area contributed by atoms with E-state index in [9.17, 15) is 18.0 Å². The molecule has 2 heterocycles. The summed E-state index contributed by atoms with van der Waals surface area (Å²) in [6.45, 7) is 1.47. The molecular formula is C22H17ClN4O6S2. The van der Waals surface area contributed by atoms with E-state index in [2.05, 4.69) is 10.1 Å². The number of hydrogen-bond donors (Lipinski definition) is 1. The maximum atomic E-state index is 12.5. The number of nitrogens with one attached hydrogen (secondary N) is 1. The highest BCUT2D eigenvalue weighted by atomic mass is 35.5. The van der Waals surface area contributed by atoms with Gasteiger partial charge in [-0.2, -0.15) is 10.0 Å². The number of nitrogens with zero attached hydrogens (tertiary/aromatic N) is 3. The molecule has 0 aromatic heterocycles. The third-order valence-corrected chi connectivity index (χ3v) is 8.24. The van der Waals surface area contributed by atoms with Gasteiger partial charge in [-0.15, -0.1) is 5.10 Å². The predicted octanol–water partition coefficient (Wildman–Crippen LogP) is 3.58. The first-order valence-electron chi connectivity index (χ1n) is 10.0. The smallest absolute Gasteiger partial charge is 0.343 e. The number of carbonyl (C=O) groups is 2. The van der Waals surface area contributed by atoms with Crippen LogP contribution in [0, 0.1) is 5.41 Å². The molecule has 4 rings (SSSR count). The van der Waals surface area contributed by atoms with Crippen LogP contribution < -0.4 is 9.47 Å². The van der Waals surface area contributed by atoms with Crippen LogP contribution >= 0.6 is 23.4 Å². The molecule has 0 fully saturated rings. The van der Waals surface area contributed by atoms with Gasteiger partial charge in [0.05, 0.1) is 29.0 Å². The van der Waals surface area contributed by atoms with E-state index in [0.29, 0.717) is 11.3 Å². The number of esters is 1. The van der Waals surface area contributed by atoms with Crippen molar-refractivity contribution in [2.24, 2.45) is 10.1 Å². The summed E-state index contributed by atoms with van der Waals surface area (Å²) in [5.74, 6) is -1.25. The minimum atomic E-state index is -3.62. The van der Waals surface area contributed by atoms with Crippen molar-refractivity contribution in [1.29, 1.82) is 5.41 Å². The van der Waals surface area contributed by atoms with Crippen LogP contribution in [0.5, 0.6) is 11.5 Å². The van der Waals surface area contributed by atoms with E-state index in [1.807, 2.05) is 0 Å². The molecule has 1 amide bonds. The highest BCUT2D eigenvalue weighted by molar-refractivity contribution is 8.42. The lowest BCUT2D eigenvalue weighted by molar-refractivity contribution is -0.114. The number of amides is 1. The van der Waals surface area contributed by atoms with Gasteiger partial charge < -0.3 is 9.47 Å². The van der Waals surface area contributed by atoms with Crippen molar-refractivity contribution >= 4 is 66.5 Å². The van der Waals surface area contributed by atoms with E-state index >= 15 is 0 Å². The molecule has 1 N–H and O–H groups in total. The summed E-state index contributed by atoms with van der Waals surface area (Å²) >= 11 is 7.01. The second-order valence-electron chi connectivity index (χ2n) is 7.10. The molecule has 13 heteroatoms. The van der Waals surface area contributed by atoms with Gasteiger partial charge in [0.25, 0.3) is 5.91 Å². The van der Waals surface area contributed by atoms with E-state index in [0.717, 1.165) is 16.8 Å². The van der Waals surface area contributed by atoms with Crippen LogP contribution in [-0.4, -0.2) is 53.5 Å². The Balaban J connectivity index is 1.56. The van der Waals surface area contributed by atoms with Gasteiger partial charge in [0.1, 0.15) is 11.5 Å². The van der Waals surface area contributed by atoms with Crippen LogP contribution in [0.3, 0.4) is 0 Å². The topological polar surface area (TPSA) is 139 Å². The van der Waals surface area contributed by atoms with Gasteiger partial charge in [-0.1, -0.05) is 30.7 Å². The third kappa shape index (κ3) is 4.99. The van der Waals surface area contributed by atoms with Crippen molar-refractivity contribution in [3.05, 3.63) is 64.2 Å². The van der Waals surface area contributed by atoms with Crippen LogP contribution in [0.4, 0.5) is 0 Å². The zero-order valence-corrected chi connectivity index (χ0v) is 20.7. The van der Waals surface area contributed by atoms with Gasteiger partial charge in [-0.05, 0) is 53.7 Å². The zero-order valence-electron chi connectivity index (χ0n) is 18.3. The van der Waals surface area contributed by atoms with Gasteiger partial charge in [-0.3, -0.25) is 10.2 Å². The zero-order chi connectivity index (χ0) is 25.3. The van der Waals surface area contributed by atoms with Crippen molar-refractivity contribution < 1.29 is 27.5 Å². The maximum Gasteiger partial charge on any atom is 0.343 e. The number of thioether (sulfide) groups is 1. The van der Waals surface area contributed by atoms with E-state index in [-0.39, 0.29) is 43.0 Å². The first-order valence-corrected chi connectivity index (χ1v) is 12.9. The summed E-state index contributed by atoms with van der Waals surface area (Å²) in [5.41, 5.74) is 0.598. The lowest BCUT2D eigenvalue weighted by atomic mass is 10.1. The monoisotopic (exact) mass is 532 g/mol. The standard InChI is InChI=1S/C22H17ClN4O6S2/c1-3-35(30,31)22-26-27-18(24)15(19(28)25-21(27)34-22)9-12-7-8-17(16(23)10-12)33-20(29)13-5-4-6-14(11-13)32-2/h4-11,24H,3H2,1-2H3. The van der Waals surface area contributed by atoms with Gasteiger partial charge >= 0.3 is 5.97 Å². The number of benzene rings is 2. The quantitative estimate of drug-likeness (QED) is 0.350. The van der Waals surface area contributed by atoms with E-state index in [1.165, 1.54) is 38.3 Å². The molecule has 10 nitrogen and oxygen atoms in total. The van der Waals surface area contributed by atoms with Crippen LogP contribution in [0.15, 0.2) is 58.1 Å². The SMILES string of the molecule is CCS(=O)(=O)C1=NN2C(=N)C(=Cc3ccc(OC(=O)c4cccc(OC)c4)c(Cl)c3)C(=O)N=C2S1. The Morgan fingerprint density at radius 1 is 1.26 bits per heavy atom. The molecule has 0 radical (unpaired) electrons. The molecule has 0 saturated heterocycles. The summed E-state index contributed by atoms with van der Waals surface area (Å²) in [4.78, 5) is 28.8. The number of carbonyl (C=O) groups excluding carboxylic acids is 2. The van der Waals surface area contributed by atoms with E-state index in [4.69, 9.17) is 26.5 Å². The molecule has 2 aromatic rings. The molecule has 180 valence electrons. The number of halogens is 1. The molecule has 0 atom stereocenters. The number of hydrogen-bond acceptors (Lipinski definition) is 9. The number of methoxy groups -OCH3 is 1. The molecular weight excluding hydrogens is 516 g/mol. The molecule has 2 aliphatic rings. The van der Waals surface area contributed by atoms with Crippen LogP contribution in [-0.2, 0) is 14.6 Å². The van der Waals surface area contributed by atoms with E-state index in [1.54, 1.807) is 24.3 Å². The van der Waals surface area contributed by atoms with Crippen molar-refractivity contribution in [1.82, 2.24) is 5.01 Å². The third-order valence-electron chi connectivity index (χ3n) is 4.86. The average molecular weight is 533 g/mol. The summed E-state index contributed by atoms with van der Waals surface area (Å²) in [7, 11) is -2.14. The fourth-order valence-electron chi connectivity index (χ4n) is 2.99. The lowest BCUT2D eigenvalue weighted by Gasteiger charge is -2.20. The summed E-state index contributed by atoms with van der Waals surface area (Å²) in [5, 5.41) is 13.4. The van der Waals surface area contributed by atoms with Gasteiger partial charge in [0.15, 0.2) is 5.84 Å². The van der Waals surface area contributed by atoms with Crippen molar-refractivity contribution in [2.45, 2.75) is 6.92 Å². The van der Waals surface area contributed by atoms with Crippen molar-refractivity contribution in [3.8, 4) is 11.5 Å². The minimum absolute atomic E-state index is 0.00186. The first kappa shape index (κ1) is 24.6.